The lowest BCUT2D eigenvalue weighted by molar-refractivity contribution is -0.169. The average Bonchev–Trinajstić information content (AvgIpc) is 2.68. The van der Waals surface area contributed by atoms with E-state index < -0.39 is 5.97 Å². The van der Waals surface area contributed by atoms with Crippen LogP contribution in [0.1, 0.15) is 26.2 Å². The summed E-state index contributed by atoms with van der Waals surface area (Å²) >= 11 is 0. The molecule has 1 saturated heterocycles. The molecule has 0 N–H and O–H groups in total. The largest absolute Gasteiger partial charge is 0.460 e. The Morgan fingerprint density at radius 1 is 0.852 bits per heavy atom. The fraction of sp³-hybridized carbons (Fsp3) is 0.842. The quantitative estimate of drug-likeness (QED) is 0.211. The van der Waals surface area contributed by atoms with Gasteiger partial charge in [0.15, 0.2) is 6.29 Å². The standard InChI is InChI=1S/C19H34O8/c1-17(2)19(20)27-16-14-24-12-10-22-8-7-21-9-11-23-13-15-26-18-5-3-4-6-25-18/h18H,1,3-16H2,2H3. The monoisotopic (exact) mass is 390 g/mol. The van der Waals surface area contributed by atoms with Crippen molar-refractivity contribution in [1.82, 2.24) is 0 Å². The lowest BCUT2D eigenvalue weighted by Crippen LogP contribution is -2.24. The van der Waals surface area contributed by atoms with Gasteiger partial charge in [0, 0.05) is 12.2 Å². The second-order valence-corrected chi connectivity index (χ2v) is 6.03. The Labute approximate surface area is 162 Å². The van der Waals surface area contributed by atoms with Crippen LogP contribution in [-0.4, -0.2) is 84.9 Å². The fourth-order valence-corrected chi connectivity index (χ4v) is 2.16. The Balaban J connectivity index is 1.69. The van der Waals surface area contributed by atoms with Gasteiger partial charge in [0.25, 0.3) is 0 Å². The number of esters is 1. The van der Waals surface area contributed by atoms with Crippen molar-refractivity contribution in [3.63, 3.8) is 0 Å². The summed E-state index contributed by atoms with van der Waals surface area (Å²) in [4.78, 5) is 11.1. The number of ether oxygens (including phenoxy) is 7. The van der Waals surface area contributed by atoms with Crippen LogP contribution >= 0.6 is 0 Å². The maximum Gasteiger partial charge on any atom is 0.333 e. The third-order valence-electron chi connectivity index (χ3n) is 3.59. The smallest absolute Gasteiger partial charge is 0.333 e. The molecule has 1 heterocycles. The zero-order chi connectivity index (χ0) is 19.6. The van der Waals surface area contributed by atoms with Crippen LogP contribution in [0.5, 0.6) is 0 Å². The molecule has 0 amide bonds. The maximum absolute atomic E-state index is 11.1. The molecule has 1 unspecified atom stereocenters. The lowest BCUT2D eigenvalue weighted by atomic mass is 10.2. The molecule has 1 fully saturated rings. The highest BCUT2D eigenvalue weighted by Gasteiger charge is 2.13. The molecule has 0 aromatic rings. The second kappa shape index (κ2) is 17.1. The normalized spacial score (nSPS) is 17.0. The van der Waals surface area contributed by atoms with Crippen molar-refractivity contribution in [3.8, 4) is 0 Å². The molecule has 8 heteroatoms. The third kappa shape index (κ3) is 14.7. The zero-order valence-corrected chi connectivity index (χ0v) is 16.4. The molecule has 0 saturated carbocycles. The van der Waals surface area contributed by atoms with E-state index in [1.54, 1.807) is 6.92 Å². The maximum atomic E-state index is 11.1. The molecule has 1 atom stereocenters. The van der Waals surface area contributed by atoms with E-state index in [0.717, 1.165) is 19.4 Å². The highest BCUT2D eigenvalue weighted by molar-refractivity contribution is 5.86. The number of rotatable bonds is 17. The van der Waals surface area contributed by atoms with Gasteiger partial charge in [0.1, 0.15) is 6.61 Å². The predicted octanol–water partition coefficient (Wildman–Crippen LogP) is 1.72. The minimum absolute atomic E-state index is 0.0638. The topological polar surface area (TPSA) is 81.7 Å². The first-order valence-electron chi connectivity index (χ1n) is 9.57. The van der Waals surface area contributed by atoms with E-state index >= 15 is 0 Å². The van der Waals surface area contributed by atoms with E-state index in [1.165, 1.54) is 6.42 Å². The van der Waals surface area contributed by atoms with E-state index in [9.17, 15) is 4.79 Å². The molecule has 0 radical (unpaired) electrons. The number of carbonyl (C=O) groups is 1. The summed E-state index contributed by atoms with van der Waals surface area (Å²) in [7, 11) is 0. The number of hydrogen-bond acceptors (Lipinski definition) is 8. The van der Waals surface area contributed by atoms with Crippen molar-refractivity contribution in [2.75, 3.05) is 72.7 Å². The van der Waals surface area contributed by atoms with Crippen LogP contribution in [-0.2, 0) is 38.0 Å². The third-order valence-corrected chi connectivity index (χ3v) is 3.59. The first-order valence-corrected chi connectivity index (χ1v) is 9.57. The van der Waals surface area contributed by atoms with Gasteiger partial charge < -0.3 is 33.2 Å². The first kappa shape index (κ1) is 24.0. The average molecular weight is 390 g/mol. The van der Waals surface area contributed by atoms with Crippen molar-refractivity contribution in [2.45, 2.75) is 32.5 Å². The highest BCUT2D eigenvalue weighted by atomic mass is 16.7. The van der Waals surface area contributed by atoms with E-state index in [-0.39, 0.29) is 12.9 Å². The second-order valence-electron chi connectivity index (χ2n) is 6.03. The van der Waals surface area contributed by atoms with Gasteiger partial charge in [0.2, 0.25) is 0 Å². The van der Waals surface area contributed by atoms with E-state index in [2.05, 4.69) is 6.58 Å². The molecule has 1 aliphatic heterocycles. The predicted molar refractivity (Wildman–Crippen MR) is 98.6 cm³/mol. The van der Waals surface area contributed by atoms with Crippen LogP contribution in [0.15, 0.2) is 12.2 Å². The van der Waals surface area contributed by atoms with Gasteiger partial charge in [-0.2, -0.15) is 0 Å². The van der Waals surface area contributed by atoms with Crippen LogP contribution < -0.4 is 0 Å². The molecule has 0 aromatic heterocycles. The Bertz CT molecular complexity index is 382. The molecule has 27 heavy (non-hydrogen) atoms. The first-order chi connectivity index (χ1) is 13.2. The lowest BCUT2D eigenvalue weighted by Gasteiger charge is -2.22. The van der Waals surface area contributed by atoms with Crippen LogP contribution in [0.25, 0.3) is 0 Å². The summed E-state index contributed by atoms with van der Waals surface area (Å²) in [5, 5.41) is 0. The van der Waals surface area contributed by atoms with E-state index in [4.69, 9.17) is 33.2 Å². The van der Waals surface area contributed by atoms with Crippen LogP contribution in [0.3, 0.4) is 0 Å². The minimum atomic E-state index is -0.401. The number of carbonyl (C=O) groups excluding carboxylic acids is 1. The van der Waals surface area contributed by atoms with E-state index in [1.807, 2.05) is 0 Å². The molecule has 0 bridgehead atoms. The van der Waals surface area contributed by atoms with Gasteiger partial charge in [-0.05, 0) is 26.2 Å². The SMILES string of the molecule is C=C(C)C(=O)OCCOCCOCCOCCOCCOC1CCCCO1. The molecule has 0 aliphatic carbocycles. The molecular weight excluding hydrogens is 356 g/mol. The van der Waals surface area contributed by atoms with Crippen molar-refractivity contribution in [2.24, 2.45) is 0 Å². The fourth-order valence-electron chi connectivity index (χ4n) is 2.16. The van der Waals surface area contributed by atoms with Crippen LogP contribution in [0, 0.1) is 0 Å². The molecule has 0 spiro atoms. The van der Waals surface area contributed by atoms with Gasteiger partial charge in [-0.3, -0.25) is 0 Å². The molecule has 158 valence electrons. The summed E-state index contributed by atoms with van der Waals surface area (Å²) in [5.74, 6) is -0.401. The van der Waals surface area contributed by atoms with Crippen molar-refractivity contribution in [1.29, 1.82) is 0 Å². The molecule has 8 nitrogen and oxygen atoms in total. The Morgan fingerprint density at radius 2 is 1.37 bits per heavy atom. The van der Waals surface area contributed by atoms with Gasteiger partial charge in [-0.15, -0.1) is 0 Å². The molecular formula is C19H34O8. The summed E-state index contributed by atoms with van der Waals surface area (Å²) in [5.41, 5.74) is 0.381. The van der Waals surface area contributed by atoms with Gasteiger partial charge in [0.05, 0.1) is 59.5 Å². The Hall–Kier alpha value is -1.03. The summed E-state index contributed by atoms with van der Waals surface area (Å²) in [6.07, 6.45) is 3.19. The van der Waals surface area contributed by atoms with Crippen molar-refractivity contribution >= 4 is 5.97 Å². The Kier molecular flexibility index (Phi) is 15.2. The summed E-state index contributed by atoms with van der Waals surface area (Å²) in [6.45, 7) is 10.5. The van der Waals surface area contributed by atoms with Crippen LogP contribution in [0.4, 0.5) is 0 Å². The summed E-state index contributed by atoms with van der Waals surface area (Å²) < 4.78 is 37.4. The molecule has 1 rings (SSSR count). The van der Waals surface area contributed by atoms with E-state index in [0.29, 0.717) is 65.0 Å². The molecule has 1 aliphatic rings. The van der Waals surface area contributed by atoms with Crippen LogP contribution in [0.2, 0.25) is 0 Å². The zero-order valence-electron chi connectivity index (χ0n) is 16.4. The van der Waals surface area contributed by atoms with Crippen molar-refractivity contribution in [3.05, 3.63) is 12.2 Å². The van der Waals surface area contributed by atoms with Gasteiger partial charge >= 0.3 is 5.97 Å². The minimum Gasteiger partial charge on any atom is -0.460 e. The number of hydrogen-bond donors (Lipinski definition) is 0. The summed E-state index contributed by atoms with van der Waals surface area (Å²) in [6, 6.07) is 0. The molecule has 0 aromatic carbocycles. The highest BCUT2D eigenvalue weighted by Crippen LogP contribution is 2.13. The van der Waals surface area contributed by atoms with Crippen molar-refractivity contribution < 1.29 is 38.0 Å². The van der Waals surface area contributed by atoms with Gasteiger partial charge in [-0.25, -0.2) is 4.79 Å². The Morgan fingerprint density at radius 3 is 1.85 bits per heavy atom. The van der Waals surface area contributed by atoms with Gasteiger partial charge in [-0.1, -0.05) is 6.58 Å².